The number of aryl methyl sites for hydroxylation is 2. The fourth-order valence-corrected chi connectivity index (χ4v) is 4.14. The molecule has 2 heterocycles. The minimum absolute atomic E-state index is 0.0297. The predicted molar refractivity (Wildman–Crippen MR) is 148 cm³/mol. The topological polar surface area (TPSA) is 182 Å². The highest BCUT2D eigenvalue weighted by Crippen LogP contribution is 2.28. The van der Waals surface area contributed by atoms with Crippen LogP contribution in [0, 0.1) is 13.8 Å². The number of hydrogen-bond acceptors (Lipinski definition) is 10. The number of amides is 3. The molecule has 14 heteroatoms. The Morgan fingerprint density at radius 1 is 1.12 bits per heavy atom. The van der Waals surface area contributed by atoms with Gasteiger partial charge in [0.25, 0.3) is 11.8 Å². The highest BCUT2D eigenvalue weighted by molar-refractivity contribution is 6.05. The number of fused-ring (bicyclic) bond motifs is 1. The molecule has 222 valence electrons. The van der Waals surface area contributed by atoms with Crippen LogP contribution in [0.2, 0.25) is 0 Å². The Morgan fingerprint density at radius 3 is 2.57 bits per heavy atom. The Labute approximate surface area is 241 Å². The summed E-state index contributed by atoms with van der Waals surface area (Å²) in [5, 5.41) is 19.1. The number of aromatic nitrogens is 3. The van der Waals surface area contributed by atoms with Crippen molar-refractivity contribution in [3.8, 4) is 0 Å². The number of benzene rings is 1. The maximum Gasteiger partial charge on any atom is 0.419 e. The van der Waals surface area contributed by atoms with Gasteiger partial charge in [0.15, 0.2) is 5.82 Å². The number of rotatable bonds is 12. The number of carboxylic acid groups (broad SMARTS) is 1. The van der Waals surface area contributed by atoms with E-state index in [0.29, 0.717) is 34.6 Å². The fraction of sp³-hybridized carbons (Fsp3) is 0.393. The smallest absolute Gasteiger partial charge is 0.419 e. The molecule has 0 atom stereocenters. The van der Waals surface area contributed by atoms with Gasteiger partial charge in [0.05, 0.1) is 18.4 Å². The van der Waals surface area contributed by atoms with Crippen molar-refractivity contribution in [1.82, 2.24) is 24.8 Å². The number of aliphatic carboxylic acids is 1. The van der Waals surface area contributed by atoms with E-state index >= 15 is 0 Å². The van der Waals surface area contributed by atoms with Gasteiger partial charge in [0, 0.05) is 30.0 Å². The number of nitrogens with zero attached hydrogens (tertiary/aromatic N) is 4. The second-order valence-corrected chi connectivity index (χ2v) is 9.87. The average molecular weight is 581 g/mol. The van der Waals surface area contributed by atoms with E-state index in [9.17, 15) is 24.0 Å². The maximum absolute atomic E-state index is 13.5. The molecular formula is C28H32N6O8. The van der Waals surface area contributed by atoms with Crippen molar-refractivity contribution in [2.24, 2.45) is 0 Å². The van der Waals surface area contributed by atoms with Gasteiger partial charge in [-0.05, 0) is 56.4 Å². The molecule has 1 saturated carbocycles. The average Bonchev–Trinajstić information content (AvgIpc) is 3.71. The van der Waals surface area contributed by atoms with E-state index in [2.05, 4.69) is 20.7 Å². The van der Waals surface area contributed by atoms with Crippen molar-refractivity contribution in [2.45, 2.75) is 58.9 Å². The molecule has 3 aromatic rings. The summed E-state index contributed by atoms with van der Waals surface area (Å²) in [5.74, 6) is -2.43. The molecule has 0 unspecified atom stereocenters. The molecule has 0 bridgehead atoms. The molecule has 3 N–H and O–H groups in total. The van der Waals surface area contributed by atoms with Gasteiger partial charge in [0.2, 0.25) is 6.79 Å². The van der Waals surface area contributed by atoms with Crippen LogP contribution in [0.3, 0.4) is 0 Å². The number of imide groups is 1. The summed E-state index contributed by atoms with van der Waals surface area (Å²) in [4.78, 5) is 66.3. The van der Waals surface area contributed by atoms with Crippen LogP contribution < -0.4 is 10.6 Å². The van der Waals surface area contributed by atoms with Crippen LogP contribution in [0.1, 0.15) is 70.9 Å². The third kappa shape index (κ3) is 7.19. The van der Waals surface area contributed by atoms with Crippen molar-refractivity contribution in [3.63, 3.8) is 0 Å². The first kappa shape index (κ1) is 30.0. The summed E-state index contributed by atoms with van der Waals surface area (Å²) in [6.07, 6.45) is 3.36. The number of nitrogens with one attached hydrogen (secondary N) is 2. The summed E-state index contributed by atoms with van der Waals surface area (Å²) >= 11 is 0. The van der Waals surface area contributed by atoms with Gasteiger partial charge in [-0.2, -0.15) is 5.10 Å². The summed E-state index contributed by atoms with van der Waals surface area (Å²) in [6.45, 7) is 4.63. The maximum atomic E-state index is 13.5. The Balaban J connectivity index is 1.52. The number of esters is 1. The summed E-state index contributed by atoms with van der Waals surface area (Å²) in [5.41, 5.74) is 3.20. The third-order valence-corrected chi connectivity index (χ3v) is 6.58. The molecule has 0 radical (unpaired) electrons. The molecule has 1 aliphatic carbocycles. The quantitative estimate of drug-likeness (QED) is 0.211. The molecule has 0 aliphatic heterocycles. The van der Waals surface area contributed by atoms with Gasteiger partial charge in [-0.1, -0.05) is 13.0 Å². The molecule has 2 aromatic heterocycles. The monoisotopic (exact) mass is 580 g/mol. The molecule has 1 aromatic carbocycles. The van der Waals surface area contributed by atoms with Gasteiger partial charge in [0.1, 0.15) is 11.8 Å². The van der Waals surface area contributed by atoms with Crippen LogP contribution in [0.4, 0.5) is 16.3 Å². The first-order chi connectivity index (χ1) is 20.1. The fourth-order valence-electron chi connectivity index (χ4n) is 4.14. The van der Waals surface area contributed by atoms with Crippen molar-refractivity contribution in [1.29, 1.82) is 0 Å². The molecule has 3 amide bonds. The third-order valence-electron chi connectivity index (χ3n) is 6.58. The highest BCUT2D eigenvalue weighted by Gasteiger charge is 2.28. The lowest BCUT2D eigenvalue weighted by atomic mass is 10.1. The number of carboxylic acids is 1. The second-order valence-electron chi connectivity index (χ2n) is 9.87. The summed E-state index contributed by atoms with van der Waals surface area (Å²) in [7, 11) is 0. The molecule has 1 aliphatic rings. The van der Waals surface area contributed by atoms with Crippen LogP contribution in [0.15, 0.2) is 30.7 Å². The molecule has 42 heavy (non-hydrogen) atoms. The minimum Gasteiger partial charge on any atom is -0.481 e. The first-order valence-corrected chi connectivity index (χ1v) is 13.5. The van der Waals surface area contributed by atoms with Crippen molar-refractivity contribution >= 4 is 46.9 Å². The zero-order valence-corrected chi connectivity index (χ0v) is 23.5. The lowest BCUT2D eigenvalue weighted by Gasteiger charge is -2.19. The van der Waals surface area contributed by atoms with Crippen LogP contribution in [-0.4, -0.2) is 73.8 Å². The predicted octanol–water partition coefficient (Wildman–Crippen LogP) is 3.34. The van der Waals surface area contributed by atoms with E-state index in [4.69, 9.17) is 14.6 Å². The van der Waals surface area contributed by atoms with E-state index in [1.165, 1.54) is 17.0 Å². The number of hydrogen-bond donors (Lipinski definition) is 3. The van der Waals surface area contributed by atoms with E-state index in [1.54, 1.807) is 26.0 Å². The van der Waals surface area contributed by atoms with Gasteiger partial charge < -0.3 is 25.2 Å². The van der Waals surface area contributed by atoms with E-state index in [1.807, 2.05) is 13.0 Å². The number of ether oxygens (including phenoxy) is 2. The second kappa shape index (κ2) is 13.1. The lowest BCUT2D eigenvalue weighted by Crippen LogP contribution is -2.38. The Kier molecular flexibility index (Phi) is 9.35. The highest BCUT2D eigenvalue weighted by atomic mass is 16.7. The molecule has 4 rings (SSSR count). The molecule has 14 nitrogen and oxygen atoms in total. The lowest BCUT2D eigenvalue weighted by molar-refractivity contribution is -0.154. The van der Waals surface area contributed by atoms with Crippen molar-refractivity contribution < 1.29 is 38.6 Å². The van der Waals surface area contributed by atoms with Gasteiger partial charge in [-0.15, -0.1) is 0 Å². The summed E-state index contributed by atoms with van der Waals surface area (Å²) in [6, 6.07) is 5.55. The SMILES string of the molecule is CCCN(C(=O)OCOC(=O)CCC(=O)O)C(=O)c1cn2ncnc(Nc3cc(C(=O)NC4CC4)ccc3C)c2c1C. The van der Waals surface area contributed by atoms with Crippen LogP contribution in [-0.2, 0) is 19.1 Å². The van der Waals surface area contributed by atoms with E-state index < -0.39 is 37.2 Å². The van der Waals surface area contributed by atoms with Crippen LogP contribution in [0.5, 0.6) is 0 Å². The Hall–Kier alpha value is -5.01. The van der Waals surface area contributed by atoms with Crippen molar-refractivity contribution in [3.05, 3.63) is 53.0 Å². The van der Waals surface area contributed by atoms with Gasteiger partial charge in [-0.25, -0.2) is 19.2 Å². The molecule has 0 saturated heterocycles. The zero-order valence-electron chi connectivity index (χ0n) is 23.5. The molecule has 1 fully saturated rings. The zero-order chi connectivity index (χ0) is 30.4. The largest absolute Gasteiger partial charge is 0.481 e. The van der Waals surface area contributed by atoms with E-state index in [-0.39, 0.29) is 30.5 Å². The Morgan fingerprint density at radius 2 is 1.88 bits per heavy atom. The normalized spacial score (nSPS) is 12.5. The van der Waals surface area contributed by atoms with Crippen LogP contribution >= 0.6 is 0 Å². The van der Waals surface area contributed by atoms with E-state index in [0.717, 1.165) is 23.3 Å². The van der Waals surface area contributed by atoms with Gasteiger partial charge >= 0.3 is 18.0 Å². The van der Waals surface area contributed by atoms with Gasteiger partial charge in [-0.3, -0.25) is 19.2 Å². The Bertz CT molecular complexity index is 1530. The number of anilines is 2. The van der Waals surface area contributed by atoms with Crippen LogP contribution in [0.25, 0.3) is 5.52 Å². The molecular weight excluding hydrogens is 548 g/mol. The standard InChI is InChI=1S/C28H32N6O8/c1-4-11-33(28(40)42-15-41-23(37)10-9-22(35)36)27(39)20-13-34-24(17(20)3)25(29-14-30-34)32-21-12-18(6-5-16(21)2)26(38)31-19-7-8-19/h5-6,12-14,19H,4,7-11,15H2,1-3H3,(H,31,38)(H,35,36)(H,29,30,32). The minimum atomic E-state index is -1.16. The first-order valence-electron chi connectivity index (χ1n) is 13.5. The van der Waals surface area contributed by atoms with Crippen molar-refractivity contribution in [2.75, 3.05) is 18.7 Å². The number of carbonyl (C=O) groups excluding carboxylic acids is 4. The summed E-state index contributed by atoms with van der Waals surface area (Å²) < 4.78 is 11.2. The number of carbonyl (C=O) groups is 5. The molecule has 0 spiro atoms.